The lowest BCUT2D eigenvalue weighted by Crippen LogP contribution is -2.36. The SMILES string of the molecule is O=C(Nc1ccccc1C(=O)N1CCCCC1)c1ccc(C(=O)O)nc1. The van der Waals surface area contributed by atoms with E-state index in [1.807, 2.05) is 0 Å². The molecule has 0 atom stereocenters. The van der Waals surface area contributed by atoms with Crippen LogP contribution < -0.4 is 5.32 Å². The van der Waals surface area contributed by atoms with Gasteiger partial charge in [-0.05, 0) is 43.5 Å². The third-order valence-corrected chi connectivity index (χ3v) is 4.29. The van der Waals surface area contributed by atoms with Crippen molar-refractivity contribution in [3.8, 4) is 0 Å². The van der Waals surface area contributed by atoms with Crippen LogP contribution in [0, 0.1) is 0 Å². The summed E-state index contributed by atoms with van der Waals surface area (Å²) in [5.74, 6) is -1.71. The van der Waals surface area contributed by atoms with Crippen LogP contribution in [0.5, 0.6) is 0 Å². The first kappa shape index (κ1) is 17.6. The number of hydrogen-bond acceptors (Lipinski definition) is 4. The molecule has 2 aromatic rings. The van der Waals surface area contributed by atoms with Crippen molar-refractivity contribution < 1.29 is 19.5 Å². The maximum Gasteiger partial charge on any atom is 0.354 e. The van der Waals surface area contributed by atoms with Gasteiger partial charge < -0.3 is 15.3 Å². The summed E-state index contributed by atoms with van der Waals surface area (Å²) in [6.45, 7) is 1.45. The number of para-hydroxylation sites is 1. The Kier molecular flexibility index (Phi) is 5.26. The van der Waals surface area contributed by atoms with Gasteiger partial charge in [0.1, 0.15) is 5.69 Å². The third kappa shape index (κ3) is 3.88. The van der Waals surface area contributed by atoms with Crippen LogP contribution in [0.15, 0.2) is 42.6 Å². The molecule has 134 valence electrons. The average molecular weight is 353 g/mol. The van der Waals surface area contributed by atoms with Crippen molar-refractivity contribution in [2.75, 3.05) is 18.4 Å². The van der Waals surface area contributed by atoms with Gasteiger partial charge >= 0.3 is 5.97 Å². The van der Waals surface area contributed by atoms with Crippen LogP contribution in [0.4, 0.5) is 5.69 Å². The molecular formula is C19H19N3O4. The first-order chi connectivity index (χ1) is 12.6. The summed E-state index contributed by atoms with van der Waals surface area (Å²) >= 11 is 0. The van der Waals surface area contributed by atoms with Gasteiger partial charge in [0.2, 0.25) is 0 Å². The lowest BCUT2D eigenvalue weighted by molar-refractivity contribution is 0.0687. The van der Waals surface area contributed by atoms with E-state index in [2.05, 4.69) is 10.3 Å². The molecular weight excluding hydrogens is 334 g/mol. The van der Waals surface area contributed by atoms with Crippen LogP contribution in [0.2, 0.25) is 0 Å². The predicted octanol–water partition coefficient (Wildman–Crippen LogP) is 2.66. The number of pyridine rings is 1. The summed E-state index contributed by atoms with van der Waals surface area (Å²) in [6, 6.07) is 9.53. The monoisotopic (exact) mass is 353 g/mol. The number of carboxylic acid groups (broad SMARTS) is 1. The number of hydrogen-bond donors (Lipinski definition) is 2. The largest absolute Gasteiger partial charge is 0.477 e. The number of likely N-dealkylation sites (tertiary alicyclic amines) is 1. The fourth-order valence-corrected chi connectivity index (χ4v) is 2.90. The molecule has 0 radical (unpaired) electrons. The number of carboxylic acids is 1. The highest BCUT2D eigenvalue weighted by atomic mass is 16.4. The van der Waals surface area contributed by atoms with Crippen LogP contribution in [0.3, 0.4) is 0 Å². The molecule has 26 heavy (non-hydrogen) atoms. The Morgan fingerprint density at radius 3 is 2.38 bits per heavy atom. The number of nitrogens with zero attached hydrogens (tertiary/aromatic N) is 2. The first-order valence-corrected chi connectivity index (χ1v) is 8.45. The normalized spacial score (nSPS) is 13.9. The highest BCUT2D eigenvalue weighted by Gasteiger charge is 2.21. The maximum absolute atomic E-state index is 12.8. The molecule has 1 aliphatic rings. The Bertz CT molecular complexity index is 827. The van der Waals surface area contributed by atoms with E-state index in [4.69, 9.17) is 5.11 Å². The second-order valence-electron chi connectivity index (χ2n) is 6.09. The van der Waals surface area contributed by atoms with E-state index in [0.717, 1.165) is 32.4 Å². The molecule has 1 saturated heterocycles. The fourth-order valence-electron chi connectivity index (χ4n) is 2.90. The number of rotatable bonds is 4. The van der Waals surface area contributed by atoms with Crippen LogP contribution in [-0.4, -0.2) is 45.9 Å². The molecule has 1 aromatic heterocycles. The summed E-state index contributed by atoms with van der Waals surface area (Å²) in [7, 11) is 0. The van der Waals surface area contributed by atoms with Gasteiger partial charge in [-0.2, -0.15) is 0 Å². The second kappa shape index (κ2) is 7.77. The van der Waals surface area contributed by atoms with Crippen LogP contribution in [0.25, 0.3) is 0 Å². The minimum atomic E-state index is -1.16. The van der Waals surface area contributed by atoms with Crippen molar-refractivity contribution in [2.24, 2.45) is 0 Å². The Labute approximate surface area is 150 Å². The average Bonchev–Trinajstić information content (AvgIpc) is 2.68. The minimum Gasteiger partial charge on any atom is -0.477 e. The quantitative estimate of drug-likeness (QED) is 0.880. The molecule has 1 aromatic carbocycles. The summed E-state index contributed by atoms with van der Waals surface area (Å²) in [5, 5.41) is 11.6. The number of nitrogens with one attached hydrogen (secondary N) is 1. The zero-order valence-corrected chi connectivity index (χ0v) is 14.1. The summed E-state index contributed by atoms with van der Waals surface area (Å²) in [4.78, 5) is 41.6. The summed E-state index contributed by atoms with van der Waals surface area (Å²) in [5.41, 5.74) is 0.950. The number of aromatic nitrogens is 1. The van der Waals surface area contributed by atoms with Crippen molar-refractivity contribution >= 4 is 23.5 Å². The van der Waals surface area contributed by atoms with Crippen molar-refractivity contribution in [1.82, 2.24) is 9.88 Å². The lowest BCUT2D eigenvalue weighted by Gasteiger charge is -2.27. The zero-order valence-electron chi connectivity index (χ0n) is 14.1. The molecule has 0 spiro atoms. The number of benzene rings is 1. The molecule has 7 nitrogen and oxygen atoms in total. The van der Waals surface area contributed by atoms with Gasteiger partial charge in [-0.1, -0.05) is 12.1 Å². The third-order valence-electron chi connectivity index (χ3n) is 4.29. The van der Waals surface area contributed by atoms with E-state index >= 15 is 0 Å². The number of amides is 2. The molecule has 3 rings (SSSR count). The zero-order chi connectivity index (χ0) is 18.5. The second-order valence-corrected chi connectivity index (χ2v) is 6.09. The molecule has 0 bridgehead atoms. The van der Waals surface area contributed by atoms with Gasteiger partial charge in [-0.25, -0.2) is 9.78 Å². The molecule has 7 heteroatoms. The molecule has 1 aliphatic heterocycles. The summed E-state index contributed by atoms with van der Waals surface area (Å²) in [6.07, 6.45) is 4.30. The van der Waals surface area contributed by atoms with Gasteiger partial charge in [0.05, 0.1) is 16.8 Å². The molecule has 0 unspecified atom stereocenters. The number of aromatic carboxylic acids is 1. The number of piperidine rings is 1. The van der Waals surface area contributed by atoms with E-state index in [-0.39, 0.29) is 17.2 Å². The molecule has 1 fully saturated rings. The topological polar surface area (TPSA) is 99.6 Å². The van der Waals surface area contributed by atoms with E-state index < -0.39 is 11.9 Å². The lowest BCUT2D eigenvalue weighted by atomic mass is 10.1. The number of anilines is 1. The molecule has 2 N–H and O–H groups in total. The predicted molar refractivity (Wildman–Crippen MR) is 95.3 cm³/mol. The highest BCUT2D eigenvalue weighted by molar-refractivity contribution is 6.09. The van der Waals surface area contributed by atoms with Gasteiger partial charge in [-0.3, -0.25) is 9.59 Å². The maximum atomic E-state index is 12.8. The Hall–Kier alpha value is -3.22. The van der Waals surface area contributed by atoms with Gasteiger partial charge in [0.25, 0.3) is 11.8 Å². The van der Waals surface area contributed by atoms with Gasteiger partial charge in [-0.15, -0.1) is 0 Å². The van der Waals surface area contributed by atoms with Crippen LogP contribution in [-0.2, 0) is 0 Å². The van der Waals surface area contributed by atoms with Gasteiger partial charge in [0.15, 0.2) is 0 Å². The van der Waals surface area contributed by atoms with Crippen molar-refractivity contribution in [1.29, 1.82) is 0 Å². The molecule has 0 aliphatic carbocycles. The van der Waals surface area contributed by atoms with Crippen molar-refractivity contribution in [2.45, 2.75) is 19.3 Å². The number of carbonyl (C=O) groups is 3. The summed E-state index contributed by atoms with van der Waals surface area (Å²) < 4.78 is 0. The van der Waals surface area contributed by atoms with E-state index in [0.29, 0.717) is 11.3 Å². The van der Waals surface area contributed by atoms with Crippen LogP contribution in [0.1, 0.15) is 50.5 Å². The Morgan fingerprint density at radius 1 is 1.00 bits per heavy atom. The molecule has 0 saturated carbocycles. The highest BCUT2D eigenvalue weighted by Crippen LogP contribution is 2.20. The minimum absolute atomic E-state index is 0.0973. The number of carbonyl (C=O) groups excluding carboxylic acids is 2. The molecule has 2 heterocycles. The smallest absolute Gasteiger partial charge is 0.354 e. The molecule has 2 amide bonds. The Morgan fingerprint density at radius 2 is 1.73 bits per heavy atom. The van der Waals surface area contributed by atoms with E-state index in [1.54, 1.807) is 29.2 Å². The van der Waals surface area contributed by atoms with E-state index in [9.17, 15) is 14.4 Å². The fraction of sp³-hybridized carbons (Fsp3) is 0.263. The Balaban J connectivity index is 1.78. The standard InChI is InChI=1S/C19H19N3O4/c23-17(13-8-9-16(19(25)26)20-12-13)21-15-7-3-2-6-14(15)18(24)22-10-4-1-5-11-22/h2-3,6-9,12H,1,4-5,10-11H2,(H,21,23)(H,25,26). The van der Waals surface area contributed by atoms with Crippen LogP contribution >= 0.6 is 0 Å². The van der Waals surface area contributed by atoms with Crippen molar-refractivity contribution in [3.63, 3.8) is 0 Å². The van der Waals surface area contributed by atoms with E-state index in [1.165, 1.54) is 18.3 Å². The first-order valence-electron chi connectivity index (χ1n) is 8.45. The van der Waals surface area contributed by atoms with Gasteiger partial charge in [0, 0.05) is 19.3 Å². The van der Waals surface area contributed by atoms with Crippen molar-refractivity contribution in [3.05, 3.63) is 59.4 Å².